The van der Waals surface area contributed by atoms with Crippen LogP contribution in [0.2, 0.25) is 0 Å². The van der Waals surface area contributed by atoms with Gasteiger partial charge >= 0.3 is 0 Å². The highest BCUT2D eigenvalue weighted by Gasteiger charge is 2.17. The predicted octanol–water partition coefficient (Wildman–Crippen LogP) is 13.8. The number of carbonyl (C=O) groups is 1. The first kappa shape index (κ1) is 48.6. The van der Waals surface area contributed by atoms with Crippen LogP contribution < -0.4 is 5.32 Å². The Balaban J connectivity index is 3.57. The van der Waals surface area contributed by atoms with Crippen LogP contribution in [-0.2, 0) is 4.79 Å². The molecule has 2 unspecified atom stereocenters. The molecule has 4 heteroatoms. The molecule has 0 rings (SSSR count). The molecule has 3 N–H and O–H groups in total. The van der Waals surface area contributed by atoms with Gasteiger partial charge in [-0.25, -0.2) is 0 Å². The first-order chi connectivity index (χ1) is 24.7. The lowest BCUT2D eigenvalue weighted by Crippen LogP contribution is -2.45. The first-order valence-electron chi connectivity index (χ1n) is 22.2. The van der Waals surface area contributed by atoms with Crippen LogP contribution in [0.15, 0.2) is 36.5 Å². The van der Waals surface area contributed by atoms with Gasteiger partial charge in [-0.15, -0.1) is 0 Å². The quantitative estimate of drug-likeness (QED) is 0.0440. The van der Waals surface area contributed by atoms with Crippen molar-refractivity contribution < 1.29 is 15.0 Å². The van der Waals surface area contributed by atoms with Gasteiger partial charge in [-0.05, 0) is 51.4 Å². The number of rotatable bonds is 40. The lowest BCUT2D eigenvalue weighted by Gasteiger charge is -2.20. The highest BCUT2D eigenvalue weighted by Crippen LogP contribution is 2.15. The fourth-order valence-corrected chi connectivity index (χ4v) is 6.68. The minimum atomic E-state index is -0.840. The fraction of sp³-hybridized carbons (Fsp3) is 0.848. The molecule has 0 aromatic carbocycles. The average molecular weight is 702 g/mol. The summed E-state index contributed by atoms with van der Waals surface area (Å²) in [7, 11) is 0. The number of hydrogen-bond acceptors (Lipinski definition) is 3. The SMILES string of the molecule is CCCCCCC/C=C\C/C=C\CCCCCCCCCCCC(=O)NC(CO)C(O)/C=C/CCCCCCCCCCCCCCCCC. The summed E-state index contributed by atoms with van der Waals surface area (Å²) in [4.78, 5) is 12.4. The maximum absolute atomic E-state index is 12.4. The molecule has 0 radical (unpaired) electrons. The summed E-state index contributed by atoms with van der Waals surface area (Å²) in [5.74, 6) is -0.0678. The standard InChI is InChI=1S/C46H87NO3/c1-3-5-7-9-11-13-15-17-19-21-22-23-24-26-28-30-32-34-36-38-40-42-46(50)47-44(43-48)45(49)41-39-37-35-33-31-29-27-25-20-18-16-14-12-10-8-6-4-2/h15,17,21-22,39,41,44-45,48-49H,3-14,16,18-20,23-38,40,42-43H2,1-2H3,(H,47,50)/b17-15-,22-21-,41-39+. The van der Waals surface area contributed by atoms with E-state index >= 15 is 0 Å². The van der Waals surface area contributed by atoms with E-state index in [0.717, 1.165) is 32.1 Å². The molecule has 0 saturated heterocycles. The Bertz CT molecular complexity index is 760. The monoisotopic (exact) mass is 702 g/mol. The second-order valence-electron chi connectivity index (χ2n) is 15.1. The second-order valence-corrected chi connectivity index (χ2v) is 15.1. The molecule has 0 saturated carbocycles. The number of aliphatic hydroxyl groups is 2. The number of carbonyl (C=O) groups excluding carboxylic acids is 1. The second kappa shape index (κ2) is 42.0. The number of nitrogens with one attached hydrogen (secondary N) is 1. The topological polar surface area (TPSA) is 69.6 Å². The third-order valence-electron chi connectivity index (χ3n) is 10.1. The summed E-state index contributed by atoms with van der Waals surface area (Å²) in [5, 5.41) is 23.0. The highest BCUT2D eigenvalue weighted by molar-refractivity contribution is 5.76. The van der Waals surface area contributed by atoms with Gasteiger partial charge in [0.2, 0.25) is 5.91 Å². The fourth-order valence-electron chi connectivity index (χ4n) is 6.68. The molecule has 294 valence electrons. The molecule has 0 bridgehead atoms. The van der Waals surface area contributed by atoms with Crippen LogP contribution in [-0.4, -0.2) is 34.9 Å². The predicted molar refractivity (Wildman–Crippen MR) is 221 cm³/mol. The van der Waals surface area contributed by atoms with Crippen molar-refractivity contribution in [2.75, 3.05) is 6.61 Å². The Morgan fingerprint density at radius 2 is 0.820 bits per heavy atom. The Hall–Kier alpha value is -1.39. The number of hydrogen-bond donors (Lipinski definition) is 3. The van der Waals surface area contributed by atoms with Gasteiger partial charge in [0.1, 0.15) is 0 Å². The third-order valence-corrected chi connectivity index (χ3v) is 10.1. The van der Waals surface area contributed by atoms with E-state index in [1.54, 1.807) is 6.08 Å². The van der Waals surface area contributed by atoms with Crippen molar-refractivity contribution in [3.8, 4) is 0 Å². The zero-order valence-electron chi connectivity index (χ0n) is 33.7. The normalized spacial score (nSPS) is 13.3. The van der Waals surface area contributed by atoms with E-state index in [2.05, 4.69) is 43.5 Å². The van der Waals surface area contributed by atoms with Crippen LogP contribution >= 0.6 is 0 Å². The Morgan fingerprint density at radius 3 is 1.20 bits per heavy atom. The summed E-state index contributed by atoms with van der Waals surface area (Å²) in [6, 6.07) is -0.623. The minimum Gasteiger partial charge on any atom is -0.394 e. The van der Waals surface area contributed by atoms with Crippen molar-refractivity contribution >= 4 is 5.91 Å². The van der Waals surface area contributed by atoms with E-state index in [0.29, 0.717) is 6.42 Å². The molecule has 2 atom stereocenters. The zero-order chi connectivity index (χ0) is 36.4. The molecule has 0 fully saturated rings. The largest absolute Gasteiger partial charge is 0.394 e. The molecule has 0 spiro atoms. The number of aliphatic hydroxyl groups excluding tert-OH is 2. The molecule has 0 aliphatic carbocycles. The van der Waals surface area contributed by atoms with E-state index in [1.165, 1.54) is 180 Å². The molecule has 0 heterocycles. The van der Waals surface area contributed by atoms with Crippen LogP contribution in [0.1, 0.15) is 232 Å². The van der Waals surface area contributed by atoms with Crippen LogP contribution in [0.25, 0.3) is 0 Å². The van der Waals surface area contributed by atoms with E-state index < -0.39 is 12.1 Å². The average Bonchev–Trinajstić information content (AvgIpc) is 3.12. The minimum absolute atomic E-state index is 0.0678. The van der Waals surface area contributed by atoms with Crippen molar-refractivity contribution in [2.24, 2.45) is 0 Å². The highest BCUT2D eigenvalue weighted by atomic mass is 16.3. The molecular weight excluding hydrogens is 615 g/mol. The van der Waals surface area contributed by atoms with Gasteiger partial charge in [0.05, 0.1) is 18.8 Å². The van der Waals surface area contributed by atoms with Gasteiger partial charge in [-0.1, -0.05) is 211 Å². The van der Waals surface area contributed by atoms with E-state index in [4.69, 9.17) is 0 Å². The van der Waals surface area contributed by atoms with Crippen molar-refractivity contribution in [3.05, 3.63) is 36.5 Å². The number of amides is 1. The van der Waals surface area contributed by atoms with Gasteiger partial charge in [-0.2, -0.15) is 0 Å². The molecule has 4 nitrogen and oxygen atoms in total. The summed E-state index contributed by atoms with van der Waals surface area (Å²) < 4.78 is 0. The van der Waals surface area contributed by atoms with Crippen molar-refractivity contribution in [3.63, 3.8) is 0 Å². The molecule has 0 aliphatic heterocycles. The number of unbranched alkanes of at least 4 members (excludes halogenated alkanes) is 29. The van der Waals surface area contributed by atoms with Gasteiger partial charge < -0.3 is 15.5 Å². The summed E-state index contributed by atoms with van der Waals surface area (Å²) in [6.45, 7) is 4.30. The summed E-state index contributed by atoms with van der Waals surface area (Å²) in [5.41, 5.74) is 0. The smallest absolute Gasteiger partial charge is 0.220 e. The Labute approximate surface area is 312 Å². The number of allylic oxidation sites excluding steroid dienone is 5. The van der Waals surface area contributed by atoms with Gasteiger partial charge in [0.15, 0.2) is 0 Å². The molecule has 0 aromatic rings. The maximum Gasteiger partial charge on any atom is 0.220 e. The van der Waals surface area contributed by atoms with Crippen molar-refractivity contribution in [2.45, 2.75) is 244 Å². The van der Waals surface area contributed by atoms with Crippen molar-refractivity contribution in [1.82, 2.24) is 5.32 Å². The summed E-state index contributed by atoms with van der Waals surface area (Å²) in [6.07, 6.45) is 55.3. The van der Waals surface area contributed by atoms with Gasteiger partial charge in [-0.3, -0.25) is 4.79 Å². The first-order valence-corrected chi connectivity index (χ1v) is 22.2. The molecule has 1 amide bonds. The van der Waals surface area contributed by atoms with E-state index in [-0.39, 0.29) is 12.5 Å². The zero-order valence-corrected chi connectivity index (χ0v) is 33.7. The van der Waals surface area contributed by atoms with Crippen LogP contribution in [0.5, 0.6) is 0 Å². The maximum atomic E-state index is 12.4. The Kier molecular flexibility index (Phi) is 40.9. The van der Waals surface area contributed by atoms with Crippen LogP contribution in [0.4, 0.5) is 0 Å². The van der Waals surface area contributed by atoms with E-state index in [9.17, 15) is 15.0 Å². The molecule has 0 aromatic heterocycles. The van der Waals surface area contributed by atoms with Crippen LogP contribution in [0.3, 0.4) is 0 Å². The lowest BCUT2D eigenvalue weighted by molar-refractivity contribution is -0.123. The molecule has 0 aliphatic rings. The third kappa shape index (κ3) is 37.9. The molecule has 50 heavy (non-hydrogen) atoms. The molecular formula is C46H87NO3. The lowest BCUT2D eigenvalue weighted by atomic mass is 10.0. The summed E-state index contributed by atoms with van der Waals surface area (Å²) >= 11 is 0. The van der Waals surface area contributed by atoms with Crippen molar-refractivity contribution in [1.29, 1.82) is 0 Å². The van der Waals surface area contributed by atoms with E-state index in [1.807, 2.05) is 6.08 Å². The van der Waals surface area contributed by atoms with Crippen LogP contribution in [0, 0.1) is 0 Å². The van der Waals surface area contributed by atoms with Gasteiger partial charge in [0.25, 0.3) is 0 Å². The Morgan fingerprint density at radius 1 is 0.480 bits per heavy atom. The van der Waals surface area contributed by atoms with Gasteiger partial charge in [0, 0.05) is 6.42 Å².